The number of fused-ring (bicyclic) bond motifs is 1. The van der Waals surface area contributed by atoms with Gasteiger partial charge < -0.3 is 0 Å². The van der Waals surface area contributed by atoms with Crippen LogP contribution in [-0.2, 0) is 5.88 Å². The highest BCUT2D eigenvalue weighted by Crippen LogP contribution is 2.29. The lowest BCUT2D eigenvalue weighted by Gasteiger charge is -2.08. The standard InChI is InChI=1S/C16H11BrClN/c17-13-6-4-11(5-7-13)16-15-3-1-2-12(10-18)14(15)8-9-19-16/h1-9H,10H2. The van der Waals surface area contributed by atoms with Gasteiger partial charge in [0.1, 0.15) is 0 Å². The van der Waals surface area contributed by atoms with E-state index in [0.717, 1.165) is 26.7 Å². The van der Waals surface area contributed by atoms with Crippen LogP contribution in [0.5, 0.6) is 0 Å². The Hall–Kier alpha value is -1.38. The molecule has 3 heteroatoms. The Morgan fingerprint density at radius 2 is 1.74 bits per heavy atom. The van der Waals surface area contributed by atoms with E-state index in [1.54, 1.807) is 0 Å². The predicted octanol–water partition coefficient (Wildman–Crippen LogP) is 5.40. The van der Waals surface area contributed by atoms with Crippen molar-refractivity contribution in [2.75, 3.05) is 0 Å². The fourth-order valence-corrected chi connectivity index (χ4v) is 2.72. The van der Waals surface area contributed by atoms with Gasteiger partial charge in [0.2, 0.25) is 0 Å². The fraction of sp³-hybridized carbons (Fsp3) is 0.0625. The van der Waals surface area contributed by atoms with Crippen LogP contribution < -0.4 is 0 Å². The number of rotatable bonds is 2. The first-order valence-electron chi connectivity index (χ1n) is 5.98. The normalized spacial score (nSPS) is 10.8. The Morgan fingerprint density at radius 3 is 2.47 bits per heavy atom. The molecule has 0 aliphatic carbocycles. The van der Waals surface area contributed by atoms with Crippen molar-refractivity contribution in [1.29, 1.82) is 0 Å². The second kappa shape index (κ2) is 5.32. The first-order chi connectivity index (χ1) is 9.29. The maximum atomic E-state index is 6.00. The van der Waals surface area contributed by atoms with Gasteiger partial charge >= 0.3 is 0 Å². The number of alkyl halides is 1. The molecule has 3 aromatic rings. The minimum Gasteiger partial charge on any atom is -0.256 e. The molecule has 0 unspecified atom stereocenters. The third-order valence-electron chi connectivity index (χ3n) is 3.16. The summed E-state index contributed by atoms with van der Waals surface area (Å²) in [6, 6.07) is 16.4. The van der Waals surface area contributed by atoms with Crippen molar-refractivity contribution in [3.05, 3.63) is 64.8 Å². The molecule has 0 radical (unpaired) electrons. The number of hydrogen-bond acceptors (Lipinski definition) is 1. The van der Waals surface area contributed by atoms with Crippen LogP contribution in [0.2, 0.25) is 0 Å². The van der Waals surface area contributed by atoms with Crippen LogP contribution in [-0.4, -0.2) is 4.98 Å². The average Bonchev–Trinajstić information content (AvgIpc) is 2.47. The van der Waals surface area contributed by atoms with E-state index in [2.05, 4.69) is 45.2 Å². The molecular formula is C16H11BrClN. The van der Waals surface area contributed by atoms with E-state index in [4.69, 9.17) is 11.6 Å². The average molecular weight is 333 g/mol. The maximum absolute atomic E-state index is 6.00. The Kier molecular flexibility index (Phi) is 3.54. The zero-order chi connectivity index (χ0) is 13.2. The van der Waals surface area contributed by atoms with Crippen molar-refractivity contribution in [1.82, 2.24) is 4.98 Å². The summed E-state index contributed by atoms with van der Waals surface area (Å²) in [5, 5.41) is 2.31. The van der Waals surface area contributed by atoms with Crippen LogP contribution in [0.4, 0.5) is 0 Å². The van der Waals surface area contributed by atoms with Gasteiger partial charge in [0.25, 0.3) is 0 Å². The Labute approximate surface area is 125 Å². The van der Waals surface area contributed by atoms with Crippen LogP contribution in [0.15, 0.2) is 59.2 Å². The van der Waals surface area contributed by atoms with Gasteiger partial charge in [-0.2, -0.15) is 0 Å². The van der Waals surface area contributed by atoms with E-state index < -0.39 is 0 Å². The minimum absolute atomic E-state index is 0.515. The smallest absolute Gasteiger partial charge is 0.0780 e. The molecule has 0 amide bonds. The van der Waals surface area contributed by atoms with Crippen LogP contribution >= 0.6 is 27.5 Å². The Balaban J connectivity index is 2.27. The van der Waals surface area contributed by atoms with Crippen molar-refractivity contribution in [3.8, 4) is 11.3 Å². The zero-order valence-corrected chi connectivity index (χ0v) is 12.4. The number of halogens is 2. The van der Waals surface area contributed by atoms with Gasteiger partial charge in [0, 0.05) is 27.5 Å². The van der Waals surface area contributed by atoms with E-state index in [1.807, 2.05) is 30.5 Å². The Morgan fingerprint density at radius 1 is 0.947 bits per heavy atom. The van der Waals surface area contributed by atoms with Crippen LogP contribution in [0, 0.1) is 0 Å². The second-order valence-electron chi connectivity index (χ2n) is 4.31. The lowest BCUT2D eigenvalue weighted by atomic mass is 10.0. The number of benzene rings is 2. The van der Waals surface area contributed by atoms with E-state index in [-0.39, 0.29) is 0 Å². The second-order valence-corrected chi connectivity index (χ2v) is 5.50. The largest absolute Gasteiger partial charge is 0.256 e. The maximum Gasteiger partial charge on any atom is 0.0780 e. The molecule has 0 saturated carbocycles. The van der Waals surface area contributed by atoms with Gasteiger partial charge in [-0.15, -0.1) is 11.6 Å². The number of aromatic nitrogens is 1. The summed E-state index contributed by atoms with van der Waals surface area (Å²) in [7, 11) is 0. The number of pyridine rings is 1. The van der Waals surface area contributed by atoms with Crippen molar-refractivity contribution in [2.45, 2.75) is 5.88 Å². The first-order valence-corrected chi connectivity index (χ1v) is 7.31. The molecule has 1 aromatic heterocycles. The molecule has 0 spiro atoms. The van der Waals surface area contributed by atoms with E-state index in [9.17, 15) is 0 Å². The van der Waals surface area contributed by atoms with Gasteiger partial charge in [-0.1, -0.05) is 46.3 Å². The summed E-state index contributed by atoms with van der Waals surface area (Å²) in [6.45, 7) is 0. The molecule has 0 aliphatic heterocycles. The SMILES string of the molecule is ClCc1cccc2c(-c3ccc(Br)cc3)nccc12. The molecule has 0 atom stereocenters. The third-order valence-corrected chi connectivity index (χ3v) is 3.97. The highest BCUT2D eigenvalue weighted by atomic mass is 79.9. The summed E-state index contributed by atoms with van der Waals surface area (Å²) < 4.78 is 1.07. The van der Waals surface area contributed by atoms with Crippen LogP contribution in [0.3, 0.4) is 0 Å². The van der Waals surface area contributed by atoms with Crippen molar-refractivity contribution < 1.29 is 0 Å². The summed E-state index contributed by atoms with van der Waals surface area (Å²) in [6.07, 6.45) is 1.84. The molecule has 0 fully saturated rings. The van der Waals surface area contributed by atoms with Crippen molar-refractivity contribution >= 4 is 38.3 Å². The lowest BCUT2D eigenvalue weighted by Crippen LogP contribution is -1.88. The molecule has 0 bridgehead atoms. The summed E-state index contributed by atoms with van der Waals surface area (Å²) in [4.78, 5) is 4.52. The van der Waals surface area contributed by atoms with Crippen molar-refractivity contribution in [3.63, 3.8) is 0 Å². The molecule has 0 saturated heterocycles. The lowest BCUT2D eigenvalue weighted by molar-refractivity contribution is 1.34. The van der Waals surface area contributed by atoms with Crippen molar-refractivity contribution in [2.24, 2.45) is 0 Å². The molecule has 3 rings (SSSR count). The summed E-state index contributed by atoms with van der Waals surface area (Å²) in [5.74, 6) is 0.515. The molecule has 1 nitrogen and oxygen atoms in total. The van der Waals surface area contributed by atoms with E-state index in [0.29, 0.717) is 5.88 Å². The van der Waals surface area contributed by atoms with Crippen LogP contribution in [0.25, 0.3) is 22.0 Å². The quantitative estimate of drug-likeness (QED) is 0.572. The predicted molar refractivity (Wildman–Crippen MR) is 84.4 cm³/mol. The third kappa shape index (κ3) is 2.38. The van der Waals surface area contributed by atoms with E-state index in [1.165, 1.54) is 5.39 Å². The molecule has 94 valence electrons. The molecule has 2 aromatic carbocycles. The highest BCUT2D eigenvalue weighted by Gasteiger charge is 2.07. The van der Waals surface area contributed by atoms with Crippen LogP contribution in [0.1, 0.15) is 5.56 Å². The molecule has 0 N–H and O–H groups in total. The summed E-state index contributed by atoms with van der Waals surface area (Å²) in [5.41, 5.74) is 3.25. The van der Waals surface area contributed by atoms with Gasteiger partial charge in [-0.05, 0) is 29.1 Å². The molecule has 19 heavy (non-hydrogen) atoms. The molecule has 0 aliphatic rings. The Bertz CT molecular complexity index is 722. The zero-order valence-electron chi connectivity index (χ0n) is 10.1. The first kappa shape index (κ1) is 12.6. The van der Waals surface area contributed by atoms with Gasteiger partial charge in [-0.25, -0.2) is 0 Å². The van der Waals surface area contributed by atoms with Gasteiger partial charge in [0.15, 0.2) is 0 Å². The number of hydrogen-bond donors (Lipinski definition) is 0. The van der Waals surface area contributed by atoms with Gasteiger partial charge in [0.05, 0.1) is 5.69 Å². The fourth-order valence-electron chi connectivity index (χ4n) is 2.23. The monoisotopic (exact) mass is 331 g/mol. The van der Waals surface area contributed by atoms with E-state index >= 15 is 0 Å². The highest BCUT2D eigenvalue weighted by molar-refractivity contribution is 9.10. The minimum atomic E-state index is 0.515. The molecular weight excluding hydrogens is 322 g/mol. The molecule has 1 heterocycles. The topological polar surface area (TPSA) is 12.9 Å². The van der Waals surface area contributed by atoms with Gasteiger partial charge in [-0.3, -0.25) is 4.98 Å². The summed E-state index contributed by atoms with van der Waals surface area (Å²) >= 11 is 9.45. The number of nitrogens with zero attached hydrogens (tertiary/aromatic N) is 1.